The van der Waals surface area contributed by atoms with E-state index in [1.807, 2.05) is 0 Å². The molecule has 0 saturated heterocycles. The third-order valence-electron chi connectivity index (χ3n) is 8.01. The molecule has 5 atom stereocenters. The molecule has 0 aromatic heterocycles. The highest BCUT2D eigenvalue weighted by Gasteiger charge is 2.56. The lowest BCUT2D eigenvalue weighted by atomic mass is 9.46. The number of fused-ring (bicyclic) bond motifs is 3. The van der Waals surface area contributed by atoms with Gasteiger partial charge in [0.1, 0.15) is 6.61 Å². The first kappa shape index (κ1) is 20.3. The zero-order valence-electron chi connectivity index (χ0n) is 17.3. The fourth-order valence-electron chi connectivity index (χ4n) is 6.36. The van der Waals surface area contributed by atoms with Gasteiger partial charge in [-0.15, -0.1) is 6.58 Å². The van der Waals surface area contributed by atoms with Gasteiger partial charge >= 0.3 is 0 Å². The van der Waals surface area contributed by atoms with Gasteiger partial charge in [0.15, 0.2) is 0 Å². The molecule has 2 N–H and O–H groups in total. The van der Waals surface area contributed by atoms with Gasteiger partial charge in [0.2, 0.25) is 5.78 Å². The van der Waals surface area contributed by atoms with Crippen LogP contribution >= 0.6 is 0 Å². The Morgan fingerprint density at radius 1 is 1.26 bits per heavy atom. The van der Waals surface area contributed by atoms with Gasteiger partial charge < -0.3 is 10.5 Å². The Hall–Kier alpha value is -1.42. The molecule has 0 aromatic rings. The van der Waals surface area contributed by atoms with Crippen molar-refractivity contribution in [2.24, 2.45) is 33.8 Å². The minimum atomic E-state index is -0.911. The number of ether oxygens (including phenoxy) is 1. The maximum atomic E-state index is 11.6. The van der Waals surface area contributed by atoms with E-state index in [1.165, 1.54) is 19.3 Å². The van der Waals surface area contributed by atoms with E-state index in [1.54, 1.807) is 5.57 Å². The first-order valence-corrected chi connectivity index (χ1v) is 10.3. The summed E-state index contributed by atoms with van der Waals surface area (Å²) in [5.74, 6) is -0.371. The number of allylic oxidation sites excluding steroid dienone is 3. The van der Waals surface area contributed by atoms with Crippen LogP contribution in [0.4, 0.5) is 0 Å². The van der Waals surface area contributed by atoms with Crippen molar-refractivity contribution < 1.29 is 14.3 Å². The molecule has 2 fully saturated rings. The van der Waals surface area contributed by atoms with E-state index in [0.717, 1.165) is 19.3 Å². The first-order chi connectivity index (χ1) is 12.5. The second-order valence-corrected chi connectivity index (χ2v) is 10.1. The van der Waals surface area contributed by atoms with Crippen LogP contribution < -0.4 is 5.73 Å². The van der Waals surface area contributed by atoms with Crippen LogP contribution in [-0.2, 0) is 14.3 Å². The molecule has 4 nitrogen and oxygen atoms in total. The number of carbonyl (C=O) groups is 2. The quantitative estimate of drug-likeness (QED) is 0.580. The van der Waals surface area contributed by atoms with E-state index >= 15 is 0 Å². The number of primary amides is 1. The van der Waals surface area contributed by atoms with E-state index in [4.69, 9.17) is 10.5 Å². The van der Waals surface area contributed by atoms with Gasteiger partial charge in [0.05, 0.1) is 6.10 Å². The molecule has 0 aliphatic heterocycles. The van der Waals surface area contributed by atoms with Crippen molar-refractivity contribution in [2.75, 3.05) is 6.61 Å². The second kappa shape index (κ2) is 6.88. The van der Waals surface area contributed by atoms with Gasteiger partial charge in [-0.25, -0.2) is 0 Å². The van der Waals surface area contributed by atoms with Crippen LogP contribution in [0, 0.1) is 28.1 Å². The molecule has 0 radical (unpaired) electrons. The molecule has 3 rings (SSSR count). The summed E-state index contributed by atoms with van der Waals surface area (Å²) in [6.07, 6.45) is 11.3. The molecule has 2 saturated carbocycles. The number of hydrogen-bond acceptors (Lipinski definition) is 3. The molecule has 5 unspecified atom stereocenters. The molecule has 0 aromatic carbocycles. The second-order valence-electron chi connectivity index (χ2n) is 10.1. The maximum absolute atomic E-state index is 11.6. The molecular formula is C23H35NO3. The average Bonchev–Trinajstić information content (AvgIpc) is 2.60. The fourth-order valence-corrected chi connectivity index (χ4v) is 6.36. The van der Waals surface area contributed by atoms with Crippen molar-refractivity contribution in [3.05, 3.63) is 24.3 Å². The van der Waals surface area contributed by atoms with Crippen LogP contribution in [0.2, 0.25) is 0 Å². The van der Waals surface area contributed by atoms with Crippen molar-refractivity contribution in [2.45, 2.75) is 72.3 Å². The first-order valence-electron chi connectivity index (χ1n) is 10.3. The smallest absolute Gasteiger partial charge is 0.287 e. The maximum Gasteiger partial charge on any atom is 0.287 e. The predicted octanol–water partition coefficient (Wildman–Crippen LogP) is 4.19. The number of hydrogen-bond donors (Lipinski definition) is 1. The predicted molar refractivity (Wildman–Crippen MR) is 107 cm³/mol. The largest absolute Gasteiger partial charge is 0.369 e. The van der Waals surface area contributed by atoms with Crippen LogP contribution in [0.25, 0.3) is 0 Å². The van der Waals surface area contributed by atoms with Crippen LogP contribution in [0.5, 0.6) is 0 Å². The molecule has 4 heteroatoms. The molecule has 150 valence electrons. The molecular weight excluding hydrogens is 338 g/mol. The van der Waals surface area contributed by atoms with E-state index in [-0.39, 0.29) is 29.0 Å². The van der Waals surface area contributed by atoms with Crippen LogP contribution in [0.1, 0.15) is 66.2 Å². The third kappa shape index (κ3) is 3.41. The number of Topliss-reactive ketones (excluding diaryl/α,β-unsaturated/α-hetero) is 1. The summed E-state index contributed by atoms with van der Waals surface area (Å²) in [7, 11) is 0. The summed E-state index contributed by atoms with van der Waals surface area (Å²) in [6.45, 7) is 13.2. The van der Waals surface area contributed by atoms with Crippen LogP contribution in [0.3, 0.4) is 0 Å². The average molecular weight is 374 g/mol. The zero-order valence-corrected chi connectivity index (χ0v) is 17.3. The van der Waals surface area contributed by atoms with Crippen molar-refractivity contribution in [1.82, 2.24) is 0 Å². The SMILES string of the molecule is C=CC1(C)CC=C2C(CCC3C2(C)CCC(OCC(=O)C(N)=O)C3(C)C)C1. The molecule has 3 aliphatic carbocycles. The number of amides is 1. The number of ketones is 1. The summed E-state index contributed by atoms with van der Waals surface area (Å²) in [5.41, 5.74) is 7.10. The third-order valence-corrected chi connectivity index (χ3v) is 8.01. The minimum absolute atomic E-state index is 0.0157. The molecule has 1 amide bonds. The van der Waals surface area contributed by atoms with Gasteiger partial charge in [-0.2, -0.15) is 0 Å². The standard InChI is InChI=1S/C23H35NO3/c1-6-22(4)11-9-16-15(13-22)7-8-18-21(2,3)19(10-12-23(16,18)5)27-14-17(25)20(24)26/h6,9,15,18-19H,1,7-8,10-14H2,2-5H3,(H2,24,26). The number of nitrogens with two attached hydrogens (primary N) is 1. The summed E-state index contributed by atoms with van der Waals surface area (Å²) >= 11 is 0. The van der Waals surface area contributed by atoms with Gasteiger partial charge in [0, 0.05) is 0 Å². The topological polar surface area (TPSA) is 69.4 Å². The Bertz CT molecular complexity index is 679. The Morgan fingerprint density at radius 2 is 1.96 bits per heavy atom. The lowest BCUT2D eigenvalue weighted by molar-refractivity contribution is -0.151. The molecule has 27 heavy (non-hydrogen) atoms. The summed E-state index contributed by atoms with van der Waals surface area (Å²) in [6, 6.07) is 0. The van der Waals surface area contributed by atoms with E-state index in [0.29, 0.717) is 11.8 Å². The molecule has 0 bridgehead atoms. The Labute approximate surface area is 163 Å². The van der Waals surface area contributed by atoms with Crippen molar-refractivity contribution in [3.8, 4) is 0 Å². The van der Waals surface area contributed by atoms with E-state index in [9.17, 15) is 9.59 Å². The normalized spacial score (nSPS) is 40.3. The number of rotatable bonds is 5. The molecule has 0 heterocycles. The molecule has 0 spiro atoms. The van der Waals surface area contributed by atoms with Gasteiger partial charge in [-0.1, -0.05) is 45.4 Å². The lowest BCUT2D eigenvalue weighted by Gasteiger charge is -2.60. The highest BCUT2D eigenvalue weighted by Crippen LogP contribution is 2.64. The van der Waals surface area contributed by atoms with Gasteiger partial charge in [-0.3, -0.25) is 9.59 Å². The van der Waals surface area contributed by atoms with Crippen LogP contribution in [0.15, 0.2) is 24.3 Å². The van der Waals surface area contributed by atoms with E-state index in [2.05, 4.69) is 46.4 Å². The van der Waals surface area contributed by atoms with E-state index < -0.39 is 11.7 Å². The highest BCUT2D eigenvalue weighted by atomic mass is 16.5. The van der Waals surface area contributed by atoms with Gasteiger partial charge in [-0.05, 0) is 66.6 Å². The summed E-state index contributed by atoms with van der Waals surface area (Å²) < 4.78 is 5.92. The monoisotopic (exact) mass is 373 g/mol. The van der Waals surface area contributed by atoms with Crippen molar-refractivity contribution >= 4 is 11.7 Å². The number of carbonyl (C=O) groups excluding carboxylic acids is 2. The zero-order chi connectivity index (χ0) is 20.0. The Balaban J connectivity index is 1.81. The minimum Gasteiger partial charge on any atom is -0.369 e. The van der Waals surface area contributed by atoms with Crippen molar-refractivity contribution in [3.63, 3.8) is 0 Å². The Morgan fingerprint density at radius 3 is 2.59 bits per heavy atom. The summed E-state index contributed by atoms with van der Waals surface area (Å²) in [5, 5.41) is 0. The van der Waals surface area contributed by atoms with Gasteiger partial charge in [0.25, 0.3) is 5.91 Å². The Kier molecular flexibility index (Phi) is 5.17. The molecule has 3 aliphatic rings. The fraction of sp³-hybridized carbons (Fsp3) is 0.739. The van der Waals surface area contributed by atoms with Crippen LogP contribution in [-0.4, -0.2) is 24.4 Å². The highest BCUT2D eigenvalue weighted by molar-refractivity contribution is 6.36. The summed E-state index contributed by atoms with van der Waals surface area (Å²) in [4.78, 5) is 22.6. The van der Waals surface area contributed by atoms with Crippen molar-refractivity contribution in [1.29, 1.82) is 0 Å². The lowest BCUT2D eigenvalue weighted by Crippen LogP contribution is -2.55.